The number of hydrogen-bond acceptors (Lipinski definition) is 2. The molecule has 0 spiro atoms. The molecule has 0 radical (unpaired) electrons. The molecule has 1 amide bonds. The zero-order chi connectivity index (χ0) is 22.4. The maximum atomic E-state index is 13.1. The van der Waals surface area contributed by atoms with Gasteiger partial charge in [0, 0.05) is 6.54 Å². The van der Waals surface area contributed by atoms with Crippen LogP contribution in [-0.2, 0) is 15.0 Å². The van der Waals surface area contributed by atoms with E-state index in [1.54, 1.807) is 19.1 Å². The van der Waals surface area contributed by atoms with Crippen LogP contribution >= 0.6 is 23.2 Å². The van der Waals surface area contributed by atoms with E-state index in [-0.39, 0.29) is 18.2 Å². The number of nitrogens with one attached hydrogen (secondary N) is 1. The average molecular weight is 452 g/mol. The summed E-state index contributed by atoms with van der Waals surface area (Å²) in [7, 11) is 0. The van der Waals surface area contributed by atoms with Gasteiger partial charge in [-0.2, -0.15) is 0 Å². The molecule has 158 valence electrons. The molecule has 31 heavy (non-hydrogen) atoms. The molecule has 3 aromatic rings. The van der Waals surface area contributed by atoms with E-state index in [9.17, 15) is 9.59 Å². The van der Waals surface area contributed by atoms with Crippen LogP contribution in [0.5, 0.6) is 0 Å². The number of halogens is 2. The van der Waals surface area contributed by atoms with Crippen LogP contribution in [0.2, 0.25) is 10.0 Å². The van der Waals surface area contributed by atoms with Gasteiger partial charge in [-0.3, -0.25) is 9.59 Å². The van der Waals surface area contributed by atoms with Crippen molar-refractivity contribution in [2.45, 2.75) is 12.3 Å². The Kier molecular flexibility index (Phi) is 7.32. The van der Waals surface area contributed by atoms with E-state index in [1.807, 2.05) is 66.7 Å². The van der Waals surface area contributed by atoms with E-state index in [0.717, 1.165) is 16.7 Å². The summed E-state index contributed by atoms with van der Waals surface area (Å²) in [6.45, 7) is 5.19. The van der Waals surface area contributed by atoms with Crippen molar-refractivity contribution < 1.29 is 9.59 Å². The molecule has 5 heteroatoms. The summed E-state index contributed by atoms with van der Waals surface area (Å²) in [4.78, 5) is 25.1. The average Bonchev–Trinajstić information content (AvgIpc) is 2.79. The van der Waals surface area contributed by atoms with Crippen LogP contribution < -0.4 is 5.32 Å². The van der Waals surface area contributed by atoms with Gasteiger partial charge >= 0.3 is 0 Å². The van der Waals surface area contributed by atoms with Crippen molar-refractivity contribution in [3.8, 4) is 0 Å². The quantitative estimate of drug-likeness (QED) is 0.345. The first-order valence-electron chi connectivity index (χ1n) is 9.88. The molecule has 3 nitrogen and oxygen atoms in total. The Morgan fingerprint density at radius 1 is 0.903 bits per heavy atom. The molecule has 0 aromatic heterocycles. The fourth-order valence-electron chi connectivity index (χ4n) is 4.12. The molecule has 0 aliphatic carbocycles. The standard InChI is InChI=1S/C26H23Cl2NO2/c1-3-25(31)29-17-22(18(2)30)26(19-10-6-4-7-11-19,20-12-8-5-9-13-20)21-14-15-23(27)24(28)16-21/h3-16,22H,1,17H2,2H3,(H,29,31). The Labute approximate surface area is 192 Å². The second-order valence-corrected chi connectivity index (χ2v) is 8.10. The lowest BCUT2D eigenvalue weighted by atomic mass is 9.60. The van der Waals surface area contributed by atoms with Gasteiger partial charge in [-0.15, -0.1) is 0 Å². The van der Waals surface area contributed by atoms with E-state index >= 15 is 0 Å². The molecule has 0 aliphatic rings. The van der Waals surface area contributed by atoms with Crippen molar-refractivity contribution in [3.63, 3.8) is 0 Å². The topological polar surface area (TPSA) is 46.2 Å². The number of Topliss-reactive ketones (excluding diaryl/α,β-unsaturated/α-hetero) is 1. The molecule has 1 N–H and O–H groups in total. The van der Waals surface area contributed by atoms with Crippen LogP contribution in [0.25, 0.3) is 0 Å². The van der Waals surface area contributed by atoms with E-state index in [4.69, 9.17) is 23.2 Å². The van der Waals surface area contributed by atoms with Gasteiger partial charge in [0.25, 0.3) is 0 Å². The zero-order valence-corrected chi connectivity index (χ0v) is 18.7. The van der Waals surface area contributed by atoms with Crippen molar-refractivity contribution >= 4 is 34.9 Å². The number of benzene rings is 3. The van der Waals surface area contributed by atoms with Crippen molar-refractivity contribution in [1.82, 2.24) is 5.32 Å². The second-order valence-electron chi connectivity index (χ2n) is 7.28. The minimum atomic E-state index is -0.906. The van der Waals surface area contributed by atoms with Crippen molar-refractivity contribution in [3.05, 3.63) is 118 Å². The summed E-state index contributed by atoms with van der Waals surface area (Å²) in [6, 6.07) is 25.0. The van der Waals surface area contributed by atoms with Gasteiger partial charge < -0.3 is 5.32 Å². The van der Waals surface area contributed by atoms with E-state index < -0.39 is 11.3 Å². The number of hydrogen-bond donors (Lipinski definition) is 1. The maximum absolute atomic E-state index is 13.1. The highest BCUT2D eigenvalue weighted by atomic mass is 35.5. The Morgan fingerprint density at radius 3 is 1.90 bits per heavy atom. The van der Waals surface area contributed by atoms with Crippen LogP contribution in [0.1, 0.15) is 23.6 Å². The molecule has 3 aromatic carbocycles. The molecule has 0 fully saturated rings. The van der Waals surface area contributed by atoms with E-state index in [1.165, 1.54) is 6.08 Å². The lowest BCUT2D eigenvalue weighted by Gasteiger charge is -2.42. The Balaban J connectivity index is 2.38. The normalized spacial score (nSPS) is 12.1. The Hall–Kier alpha value is -2.88. The predicted octanol–water partition coefficient (Wildman–Crippen LogP) is 5.84. The Bertz CT molecular complexity index is 1040. The minimum Gasteiger partial charge on any atom is -0.352 e. The molecule has 0 saturated heterocycles. The molecule has 0 bridgehead atoms. The highest BCUT2D eigenvalue weighted by Gasteiger charge is 2.46. The van der Waals surface area contributed by atoms with Gasteiger partial charge in [0.15, 0.2) is 0 Å². The summed E-state index contributed by atoms with van der Waals surface area (Å²) in [5.41, 5.74) is 1.73. The number of rotatable bonds is 8. The van der Waals surface area contributed by atoms with Gasteiger partial charge in [0.2, 0.25) is 5.91 Å². The lowest BCUT2D eigenvalue weighted by molar-refractivity contribution is -0.122. The summed E-state index contributed by atoms with van der Waals surface area (Å²) < 4.78 is 0. The first-order chi connectivity index (χ1) is 14.9. The third-order valence-electron chi connectivity index (χ3n) is 5.51. The largest absolute Gasteiger partial charge is 0.352 e. The molecule has 0 heterocycles. The van der Waals surface area contributed by atoms with Gasteiger partial charge in [-0.25, -0.2) is 0 Å². The van der Waals surface area contributed by atoms with Crippen LogP contribution in [0.3, 0.4) is 0 Å². The molecule has 0 saturated carbocycles. The smallest absolute Gasteiger partial charge is 0.243 e. The monoisotopic (exact) mass is 451 g/mol. The van der Waals surface area contributed by atoms with E-state index in [0.29, 0.717) is 10.0 Å². The van der Waals surface area contributed by atoms with Crippen molar-refractivity contribution in [2.24, 2.45) is 5.92 Å². The highest BCUT2D eigenvalue weighted by molar-refractivity contribution is 6.42. The lowest BCUT2D eigenvalue weighted by Crippen LogP contribution is -2.47. The van der Waals surface area contributed by atoms with Crippen molar-refractivity contribution in [2.75, 3.05) is 6.54 Å². The van der Waals surface area contributed by atoms with Gasteiger partial charge in [-0.05, 0) is 41.8 Å². The Morgan fingerprint density at radius 2 is 1.45 bits per heavy atom. The molecule has 1 unspecified atom stereocenters. The van der Waals surface area contributed by atoms with Crippen LogP contribution in [-0.4, -0.2) is 18.2 Å². The van der Waals surface area contributed by atoms with Gasteiger partial charge in [-0.1, -0.05) is 96.5 Å². The van der Waals surface area contributed by atoms with Crippen molar-refractivity contribution in [1.29, 1.82) is 0 Å². The molecule has 1 atom stereocenters. The zero-order valence-electron chi connectivity index (χ0n) is 17.1. The number of amides is 1. The predicted molar refractivity (Wildman–Crippen MR) is 127 cm³/mol. The summed E-state index contributed by atoms with van der Waals surface area (Å²) in [5.74, 6) is -1.02. The number of ketones is 1. The number of carbonyl (C=O) groups excluding carboxylic acids is 2. The number of carbonyl (C=O) groups is 2. The third kappa shape index (κ3) is 4.58. The van der Waals surface area contributed by atoms with Crippen LogP contribution in [0.15, 0.2) is 91.5 Å². The summed E-state index contributed by atoms with van der Waals surface area (Å²) >= 11 is 12.6. The van der Waals surface area contributed by atoms with Crippen LogP contribution in [0, 0.1) is 5.92 Å². The summed E-state index contributed by atoms with van der Waals surface area (Å²) in [5, 5.41) is 3.64. The fourth-order valence-corrected chi connectivity index (χ4v) is 4.42. The van der Waals surface area contributed by atoms with E-state index in [2.05, 4.69) is 11.9 Å². The highest BCUT2D eigenvalue weighted by Crippen LogP contribution is 2.46. The minimum absolute atomic E-state index is 0.0665. The van der Waals surface area contributed by atoms with Gasteiger partial charge in [0.05, 0.1) is 21.4 Å². The molecular formula is C26H23Cl2NO2. The first kappa shape index (κ1) is 22.8. The SMILES string of the molecule is C=CC(=O)NCC(C(C)=O)C(c1ccccc1)(c1ccccc1)c1ccc(Cl)c(Cl)c1. The maximum Gasteiger partial charge on any atom is 0.243 e. The first-order valence-corrected chi connectivity index (χ1v) is 10.6. The molecule has 0 aliphatic heterocycles. The summed E-state index contributed by atoms with van der Waals surface area (Å²) in [6.07, 6.45) is 1.20. The van der Waals surface area contributed by atoms with Crippen LogP contribution in [0.4, 0.5) is 0 Å². The molecular weight excluding hydrogens is 429 g/mol. The molecule has 3 rings (SSSR count). The third-order valence-corrected chi connectivity index (χ3v) is 6.25. The second kappa shape index (κ2) is 9.95. The van der Waals surface area contributed by atoms with Gasteiger partial charge in [0.1, 0.15) is 5.78 Å². The fraction of sp³-hybridized carbons (Fsp3) is 0.154.